The van der Waals surface area contributed by atoms with Crippen molar-refractivity contribution in [3.05, 3.63) is 59.8 Å². The van der Waals surface area contributed by atoms with Gasteiger partial charge >= 0.3 is 0 Å². The Bertz CT molecular complexity index is 1110. The summed E-state index contributed by atoms with van der Waals surface area (Å²) in [6.45, 7) is 2.93. The number of sulfonamides is 1. The first-order chi connectivity index (χ1) is 13.4. The summed E-state index contributed by atoms with van der Waals surface area (Å²) in [5.74, 6) is 0.768. The van der Waals surface area contributed by atoms with Gasteiger partial charge in [0, 0.05) is 37.3 Å². The van der Waals surface area contributed by atoms with E-state index in [1.165, 1.54) is 23.7 Å². The van der Waals surface area contributed by atoms with Crippen LogP contribution in [0, 0.1) is 6.92 Å². The van der Waals surface area contributed by atoms with Crippen molar-refractivity contribution in [2.45, 2.75) is 30.6 Å². The molecule has 0 N–H and O–H groups in total. The average molecular weight is 399 g/mol. The van der Waals surface area contributed by atoms with Gasteiger partial charge in [0.2, 0.25) is 10.0 Å². The molecule has 4 rings (SSSR count). The molecule has 1 saturated heterocycles. The average Bonchev–Trinajstić information content (AvgIpc) is 3.05. The fourth-order valence-electron chi connectivity index (χ4n) is 4.22. The quantitative estimate of drug-likeness (QED) is 0.666. The SMILES string of the molecule is COc1ccc(C)cc1S(=O)(=O)N1CCC(c2cc3ccccc3n2C)CC1. The van der Waals surface area contributed by atoms with E-state index in [0.29, 0.717) is 24.8 Å². The van der Waals surface area contributed by atoms with Gasteiger partial charge in [-0.1, -0.05) is 24.3 Å². The number of nitrogens with zero attached hydrogens (tertiary/aromatic N) is 2. The van der Waals surface area contributed by atoms with E-state index in [0.717, 1.165) is 18.4 Å². The normalized spacial score (nSPS) is 16.5. The van der Waals surface area contributed by atoms with Gasteiger partial charge in [0.1, 0.15) is 10.6 Å². The number of piperidine rings is 1. The zero-order valence-corrected chi connectivity index (χ0v) is 17.4. The summed E-state index contributed by atoms with van der Waals surface area (Å²) in [5.41, 5.74) is 3.41. The summed E-state index contributed by atoms with van der Waals surface area (Å²) < 4.78 is 35.6. The van der Waals surface area contributed by atoms with Gasteiger partial charge in [-0.25, -0.2) is 8.42 Å². The minimum atomic E-state index is -3.57. The van der Waals surface area contributed by atoms with Crippen LogP contribution in [-0.4, -0.2) is 37.5 Å². The molecule has 0 unspecified atom stereocenters. The van der Waals surface area contributed by atoms with Crippen molar-refractivity contribution in [2.75, 3.05) is 20.2 Å². The number of fused-ring (bicyclic) bond motifs is 1. The van der Waals surface area contributed by atoms with Gasteiger partial charge in [-0.2, -0.15) is 4.31 Å². The number of ether oxygens (including phenoxy) is 1. The molecule has 2 heterocycles. The Labute approximate surface area is 166 Å². The predicted molar refractivity (Wildman–Crippen MR) is 111 cm³/mol. The Balaban J connectivity index is 1.57. The number of hydrogen-bond acceptors (Lipinski definition) is 3. The number of aromatic nitrogens is 1. The standard InChI is InChI=1S/C22H26N2O3S/c1-16-8-9-21(27-3)22(14-16)28(25,26)24-12-10-17(11-13-24)20-15-18-6-4-5-7-19(18)23(20)2/h4-9,14-15,17H,10-13H2,1-3H3. The molecule has 1 fully saturated rings. The van der Waals surface area contributed by atoms with Crippen LogP contribution in [-0.2, 0) is 17.1 Å². The molecule has 2 aromatic carbocycles. The lowest BCUT2D eigenvalue weighted by atomic mass is 9.94. The molecule has 1 aliphatic heterocycles. The predicted octanol–water partition coefficient (Wildman–Crippen LogP) is 4.06. The van der Waals surface area contributed by atoms with E-state index >= 15 is 0 Å². The van der Waals surface area contributed by atoms with Crippen LogP contribution in [0.1, 0.15) is 30.0 Å². The molecular formula is C22H26N2O3S. The summed E-state index contributed by atoms with van der Waals surface area (Å²) in [4.78, 5) is 0.262. The first-order valence-electron chi connectivity index (χ1n) is 9.61. The Morgan fingerprint density at radius 1 is 1.04 bits per heavy atom. The third kappa shape index (κ3) is 3.20. The largest absolute Gasteiger partial charge is 0.495 e. The Morgan fingerprint density at radius 2 is 1.75 bits per heavy atom. The fraction of sp³-hybridized carbons (Fsp3) is 0.364. The van der Waals surface area contributed by atoms with Crippen LogP contribution in [0.4, 0.5) is 0 Å². The van der Waals surface area contributed by atoms with Gasteiger partial charge in [0.25, 0.3) is 0 Å². The molecular weight excluding hydrogens is 372 g/mol. The molecule has 0 bridgehead atoms. The minimum absolute atomic E-state index is 0.262. The fourth-order valence-corrected chi connectivity index (χ4v) is 5.93. The molecule has 0 spiro atoms. The molecule has 1 aromatic heterocycles. The monoisotopic (exact) mass is 398 g/mol. The maximum atomic E-state index is 13.2. The maximum absolute atomic E-state index is 13.2. The number of benzene rings is 2. The number of para-hydroxylation sites is 1. The molecule has 5 nitrogen and oxygen atoms in total. The highest BCUT2D eigenvalue weighted by molar-refractivity contribution is 7.89. The second-order valence-corrected chi connectivity index (χ2v) is 9.43. The molecule has 0 aliphatic carbocycles. The van der Waals surface area contributed by atoms with Crippen molar-refractivity contribution in [3.8, 4) is 5.75 Å². The number of rotatable bonds is 4. The Hall–Kier alpha value is -2.31. The molecule has 3 aromatic rings. The number of methoxy groups -OCH3 is 1. The van der Waals surface area contributed by atoms with E-state index in [-0.39, 0.29) is 4.90 Å². The molecule has 148 valence electrons. The Kier molecular flexibility index (Phi) is 4.93. The lowest BCUT2D eigenvalue weighted by Gasteiger charge is -2.32. The molecule has 0 amide bonds. The van der Waals surface area contributed by atoms with Crippen LogP contribution in [0.3, 0.4) is 0 Å². The smallest absolute Gasteiger partial charge is 0.246 e. The van der Waals surface area contributed by atoms with Crippen molar-refractivity contribution in [2.24, 2.45) is 7.05 Å². The first kappa shape index (κ1) is 19.0. The summed E-state index contributed by atoms with van der Waals surface area (Å²) >= 11 is 0. The van der Waals surface area contributed by atoms with E-state index in [9.17, 15) is 8.42 Å². The van der Waals surface area contributed by atoms with Gasteiger partial charge < -0.3 is 9.30 Å². The lowest BCUT2D eigenvalue weighted by molar-refractivity contribution is 0.312. The van der Waals surface area contributed by atoms with Crippen LogP contribution in [0.15, 0.2) is 53.4 Å². The van der Waals surface area contributed by atoms with Gasteiger partial charge in [-0.3, -0.25) is 0 Å². The van der Waals surface area contributed by atoms with Crippen molar-refractivity contribution in [1.29, 1.82) is 0 Å². The topological polar surface area (TPSA) is 51.5 Å². The van der Waals surface area contributed by atoms with E-state index in [1.807, 2.05) is 13.0 Å². The summed E-state index contributed by atoms with van der Waals surface area (Å²) in [6.07, 6.45) is 1.63. The molecule has 28 heavy (non-hydrogen) atoms. The van der Waals surface area contributed by atoms with Crippen LogP contribution in [0.5, 0.6) is 5.75 Å². The highest BCUT2D eigenvalue weighted by Gasteiger charge is 2.32. The molecule has 0 saturated carbocycles. The van der Waals surface area contributed by atoms with Crippen LogP contribution < -0.4 is 4.74 Å². The summed E-state index contributed by atoms with van der Waals surface area (Å²) in [5, 5.41) is 1.24. The number of hydrogen-bond donors (Lipinski definition) is 0. The van der Waals surface area contributed by atoms with Gasteiger partial charge in [0.15, 0.2) is 0 Å². The van der Waals surface area contributed by atoms with Crippen molar-refractivity contribution in [1.82, 2.24) is 8.87 Å². The van der Waals surface area contributed by atoms with Crippen LogP contribution >= 0.6 is 0 Å². The van der Waals surface area contributed by atoms with E-state index in [4.69, 9.17) is 4.74 Å². The zero-order chi connectivity index (χ0) is 19.9. The Morgan fingerprint density at radius 3 is 2.43 bits per heavy atom. The van der Waals surface area contributed by atoms with Crippen molar-refractivity contribution in [3.63, 3.8) is 0 Å². The van der Waals surface area contributed by atoms with Crippen molar-refractivity contribution >= 4 is 20.9 Å². The second-order valence-electron chi connectivity index (χ2n) is 7.52. The lowest BCUT2D eigenvalue weighted by Crippen LogP contribution is -2.38. The van der Waals surface area contributed by atoms with Crippen molar-refractivity contribution < 1.29 is 13.2 Å². The van der Waals surface area contributed by atoms with Crippen LogP contribution in [0.25, 0.3) is 10.9 Å². The summed E-state index contributed by atoms with van der Waals surface area (Å²) in [6, 6.07) is 15.9. The second kappa shape index (κ2) is 7.26. The van der Waals surface area contributed by atoms with Gasteiger partial charge in [-0.05, 0) is 55.0 Å². The van der Waals surface area contributed by atoms with E-state index in [1.54, 1.807) is 16.4 Å². The van der Waals surface area contributed by atoms with Crippen LogP contribution in [0.2, 0.25) is 0 Å². The zero-order valence-electron chi connectivity index (χ0n) is 16.6. The molecule has 1 aliphatic rings. The maximum Gasteiger partial charge on any atom is 0.246 e. The molecule has 6 heteroatoms. The highest BCUT2D eigenvalue weighted by Crippen LogP contribution is 2.35. The van der Waals surface area contributed by atoms with E-state index in [2.05, 4.69) is 41.9 Å². The van der Waals surface area contributed by atoms with Gasteiger partial charge in [-0.15, -0.1) is 0 Å². The van der Waals surface area contributed by atoms with E-state index < -0.39 is 10.0 Å². The highest BCUT2D eigenvalue weighted by atomic mass is 32.2. The minimum Gasteiger partial charge on any atom is -0.495 e. The first-order valence-corrected chi connectivity index (χ1v) is 11.0. The number of aryl methyl sites for hydroxylation is 2. The third-order valence-corrected chi connectivity index (χ3v) is 7.72. The third-order valence-electron chi connectivity index (χ3n) is 5.80. The molecule has 0 atom stereocenters. The van der Waals surface area contributed by atoms with Gasteiger partial charge in [0.05, 0.1) is 7.11 Å². The summed E-state index contributed by atoms with van der Waals surface area (Å²) in [7, 11) is 0.0394. The molecule has 0 radical (unpaired) electrons.